The van der Waals surface area contributed by atoms with Gasteiger partial charge in [-0.05, 0) is 0 Å². The van der Waals surface area contributed by atoms with Crippen LogP contribution in [0, 0.1) is 0 Å². The van der Waals surface area contributed by atoms with E-state index in [0.29, 0.717) is 0 Å². The van der Waals surface area contributed by atoms with Gasteiger partial charge in [0, 0.05) is 0 Å². The van der Waals surface area contributed by atoms with E-state index in [-0.39, 0.29) is 0 Å². The molecule has 38 valence electrons. The van der Waals surface area contributed by atoms with E-state index in [1.807, 2.05) is 18.2 Å². The molecule has 0 unspecified atom stereocenters. The summed E-state index contributed by atoms with van der Waals surface area (Å²) in [6.45, 7) is 0. The topological polar surface area (TPSA) is 26.0 Å². The molecule has 0 saturated heterocycles. The quantitative estimate of drug-likeness (QED) is 0.739. The molecule has 0 fully saturated rings. The van der Waals surface area contributed by atoms with Gasteiger partial charge >= 0.3 is 61.8 Å². The second kappa shape index (κ2) is 3.20. The maximum atomic E-state index is 5.57. The zero-order valence-corrected chi connectivity index (χ0v) is 10.2. The van der Waals surface area contributed by atoms with Crippen LogP contribution in [0.5, 0.6) is 0 Å². The van der Waals surface area contributed by atoms with Crippen LogP contribution in [0.3, 0.4) is 0 Å². The van der Waals surface area contributed by atoms with Crippen LogP contribution in [-0.4, -0.2) is 0 Å². The van der Waals surface area contributed by atoms with Gasteiger partial charge in [0.25, 0.3) is 0 Å². The fourth-order valence-corrected chi connectivity index (χ4v) is 2.73. The van der Waals surface area contributed by atoms with Crippen molar-refractivity contribution in [2.75, 3.05) is 0 Å². The maximum absolute atomic E-state index is 5.57. The molecule has 0 atom stereocenters. The van der Waals surface area contributed by atoms with E-state index < -0.39 is 24.9 Å². The van der Waals surface area contributed by atoms with Gasteiger partial charge in [-0.15, -0.1) is 0 Å². The molecule has 1 aromatic rings. The number of hydrogen-bond donors (Lipinski definition) is 1. The Bertz CT molecular complexity index is 150. The summed E-state index contributed by atoms with van der Waals surface area (Å²) in [5.41, 5.74) is 0. The van der Waals surface area contributed by atoms with Gasteiger partial charge in [0.1, 0.15) is 0 Å². The normalized spacial score (nSPS) is 8.12. The standard InChI is InChI=1S/C6H5.Hg.H2N/c1-2-4-6-5-3-1;;/h1-5H;;1H2/q;+1;-1. The third-order valence-corrected chi connectivity index (χ3v) is 4.74. The van der Waals surface area contributed by atoms with Crippen molar-refractivity contribution in [1.82, 2.24) is 0 Å². The Hall–Kier alpha value is 0.115. The van der Waals surface area contributed by atoms with E-state index >= 15 is 0 Å². The van der Waals surface area contributed by atoms with E-state index in [1.54, 1.807) is 0 Å². The minimum atomic E-state index is -1.04. The first kappa shape index (κ1) is 6.24. The zero-order valence-electron chi connectivity index (χ0n) is 4.67. The number of nitrogens with two attached hydrogens (primary N) is 1. The molecule has 0 bridgehead atoms. The van der Waals surface area contributed by atoms with E-state index in [4.69, 9.17) is 3.50 Å². The van der Waals surface area contributed by atoms with Crippen LogP contribution in [0.15, 0.2) is 30.3 Å². The molecule has 0 aliphatic rings. The molecule has 1 nitrogen and oxygen atoms in total. The summed E-state index contributed by atoms with van der Waals surface area (Å²) in [6.07, 6.45) is 0. The first-order valence-electron chi connectivity index (χ1n) is 2.67. The van der Waals surface area contributed by atoms with E-state index in [0.717, 1.165) is 0 Å². The molecule has 2 heteroatoms. The summed E-state index contributed by atoms with van der Waals surface area (Å²) in [4.78, 5) is 0. The molecule has 1 rings (SSSR count). The number of benzene rings is 1. The third kappa shape index (κ3) is 1.56. The molecule has 0 amide bonds. The van der Waals surface area contributed by atoms with E-state index in [2.05, 4.69) is 12.1 Å². The van der Waals surface area contributed by atoms with Gasteiger partial charge in [0.2, 0.25) is 0 Å². The SMILES string of the molecule is [NH2][Hg][c]1ccccc1. The first-order chi connectivity index (χ1) is 3.93. The van der Waals surface area contributed by atoms with Gasteiger partial charge in [0.05, 0.1) is 0 Å². The van der Waals surface area contributed by atoms with Crippen LogP contribution in [-0.2, 0) is 24.9 Å². The van der Waals surface area contributed by atoms with Crippen molar-refractivity contribution >= 4 is 3.07 Å². The van der Waals surface area contributed by atoms with Crippen molar-refractivity contribution < 1.29 is 24.9 Å². The average molecular weight is 294 g/mol. The predicted octanol–water partition coefficient (Wildman–Crippen LogP) is 0.268. The van der Waals surface area contributed by atoms with Gasteiger partial charge in [-0.2, -0.15) is 0 Å². The monoisotopic (exact) mass is 295 g/mol. The van der Waals surface area contributed by atoms with Crippen LogP contribution >= 0.6 is 0 Å². The second-order valence-electron chi connectivity index (χ2n) is 1.69. The van der Waals surface area contributed by atoms with Gasteiger partial charge in [-0.1, -0.05) is 0 Å². The van der Waals surface area contributed by atoms with E-state index in [9.17, 15) is 0 Å². The summed E-state index contributed by atoms with van der Waals surface area (Å²) in [5, 5.41) is 0. The molecule has 0 radical (unpaired) electrons. The average Bonchev–Trinajstić information content (AvgIpc) is 1.90. The number of rotatable bonds is 1. The molecule has 0 aromatic heterocycles. The Morgan fingerprint density at radius 1 is 1.12 bits per heavy atom. The van der Waals surface area contributed by atoms with Crippen molar-refractivity contribution in [3.05, 3.63) is 30.3 Å². The molecule has 0 spiro atoms. The molecule has 2 N–H and O–H groups in total. The Kier molecular flexibility index (Phi) is 2.50. The van der Waals surface area contributed by atoms with Gasteiger partial charge in [0.15, 0.2) is 0 Å². The molecule has 0 aliphatic heterocycles. The molecular weight excluding hydrogens is 287 g/mol. The van der Waals surface area contributed by atoms with Crippen molar-refractivity contribution in [3.8, 4) is 0 Å². The summed E-state index contributed by atoms with van der Waals surface area (Å²) < 4.78 is 6.98. The first-order valence-corrected chi connectivity index (χ1v) is 8.60. The molecular formula is C6H7HgN. The molecule has 0 aliphatic carbocycles. The summed E-state index contributed by atoms with van der Waals surface area (Å²) in [5.74, 6) is 0. The van der Waals surface area contributed by atoms with Crippen molar-refractivity contribution in [2.24, 2.45) is 3.50 Å². The third-order valence-electron chi connectivity index (χ3n) is 1.08. The Morgan fingerprint density at radius 2 is 1.75 bits per heavy atom. The van der Waals surface area contributed by atoms with Crippen LogP contribution in [0.4, 0.5) is 0 Å². The van der Waals surface area contributed by atoms with Crippen molar-refractivity contribution in [2.45, 2.75) is 0 Å². The molecule has 1 aromatic carbocycles. The summed E-state index contributed by atoms with van der Waals surface area (Å²) in [6, 6.07) is 10.3. The van der Waals surface area contributed by atoms with Gasteiger partial charge < -0.3 is 0 Å². The van der Waals surface area contributed by atoms with Crippen LogP contribution in [0.2, 0.25) is 0 Å². The summed E-state index contributed by atoms with van der Waals surface area (Å²) in [7, 11) is 0. The van der Waals surface area contributed by atoms with Crippen LogP contribution in [0.25, 0.3) is 0 Å². The molecule has 0 heterocycles. The molecule has 0 saturated carbocycles. The van der Waals surface area contributed by atoms with Crippen molar-refractivity contribution in [3.63, 3.8) is 0 Å². The Labute approximate surface area is 61.8 Å². The fraction of sp³-hybridized carbons (Fsp3) is 0. The summed E-state index contributed by atoms with van der Waals surface area (Å²) >= 11 is -1.04. The van der Waals surface area contributed by atoms with Gasteiger partial charge in [-0.3, -0.25) is 0 Å². The van der Waals surface area contributed by atoms with Crippen molar-refractivity contribution in [1.29, 1.82) is 0 Å². The Morgan fingerprint density at radius 3 is 2.12 bits per heavy atom. The predicted molar refractivity (Wildman–Crippen MR) is 30.3 cm³/mol. The zero-order chi connectivity index (χ0) is 5.82. The van der Waals surface area contributed by atoms with Crippen LogP contribution < -0.4 is 6.57 Å². The fourth-order valence-electron chi connectivity index (χ4n) is 0.614. The van der Waals surface area contributed by atoms with E-state index in [1.165, 1.54) is 3.07 Å². The number of hydrogen-bond acceptors (Lipinski definition) is 1. The second-order valence-corrected chi connectivity index (χ2v) is 6.45. The van der Waals surface area contributed by atoms with Crippen LogP contribution in [0.1, 0.15) is 0 Å². The molecule has 8 heavy (non-hydrogen) atoms. The minimum absolute atomic E-state index is 1.04. The Balaban J connectivity index is 2.83. The van der Waals surface area contributed by atoms with Gasteiger partial charge in [-0.25, -0.2) is 0 Å².